The molecule has 0 aromatic heterocycles. The van der Waals surface area contributed by atoms with Gasteiger partial charge in [0.1, 0.15) is 0 Å². The van der Waals surface area contributed by atoms with E-state index < -0.39 is 0 Å². The van der Waals surface area contributed by atoms with Gasteiger partial charge in [0.25, 0.3) is 0 Å². The molecule has 1 rings (SSSR count). The summed E-state index contributed by atoms with van der Waals surface area (Å²) in [6.07, 6.45) is 1.55. The molecule has 1 saturated heterocycles. The summed E-state index contributed by atoms with van der Waals surface area (Å²) < 4.78 is 3.22. The number of hydrogen-bond acceptors (Lipinski definition) is 0. The molecule has 0 aromatic rings. The van der Waals surface area contributed by atoms with Crippen molar-refractivity contribution < 1.29 is 22.6 Å². The number of rotatable bonds is 0. The molecule has 28 valence electrons. The maximum atomic E-state index is 1.61. The Hall–Kier alpha value is 0.730. The molecule has 1 aliphatic heterocycles. The van der Waals surface area contributed by atoms with Crippen LogP contribution < -0.4 is 21.2 Å². The largest absolute Gasteiger partial charge is 0 e. The third-order valence-electron chi connectivity index (χ3n) is 0.535. The fourth-order valence-electron chi connectivity index (χ4n) is 0.134. The minimum Gasteiger partial charge on any atom is 0 e. The smallest absolute Gasteiger partial charge is 0 e. The van der Waals surface area contributed by atoms with Crippen LogP contribution in [0.1, 0.15) is 7.85 Å². The van der Waals surface area contributed by atoms with Gasteiger partial charge in [0, 0.05) is 1.43 Å². The van der Waals surface area contributed by atoms with Crippen LogP contribution in [0.4, 0.5) is 0 Å². The molecule has 0 unspecified atom stereocenters. The first-order valence-corrected chi connectivity index (χ1v) is 4.59. The SMILES string of the molecule is C1C[I-]C1.[3HH]. The van der Waals surface area contributed by atoms with E-state index in [1.54, 1.807) is 15.3 Å². The summed E-state index contributed by atoms with van der Waals surface area (Å²) in [6.45, 7) is 0. The van der Waals surface area contributed by atoms with Gasteiger partial charge < -0.3 is 0 Å². The Morgan fingerprint density at radius 1 is 1.50 bits per heavy atom. The van der Waals surface area contributed by atoms with Gasteiger partial charge in [0.2, 0.25) is 0 Å². The van der Waals surface area contributed by atoms with Crippen LogP contribution in [0.5, 0.6) is 0 Å². The van der Waals surface area contributed by atoms with Crippen molar-refractivity contribution in [1.82, 2.24) is 0 Å². The average Bonchev–Trinajstić information content (AvgIpc) is 0.722. The van der Waals surface area contributed by atoms with Gasteiger partial charge in [-0.2, -0.15) is 0 Å². The number of hydrogen-bond donors (Lipinski definition) is 0. The Labute approximate surface area is 38.3 Å². The van der Waals surface area contributed by atoms with Crippen LogP contribution in [0, 0.1) is 0 Å². The van der Waals surface area contributed by atoms with Gasteiger partial charge >= 0.3 is 36.5 Å². The molecule has 4 heavy (non-hydrogen) atoms. The number of halogens is 1. The van der Waals surface area contributed by atoms with Crippen LogP contribution in [0.3, 0.4) is 0 Å². The predicted octanol–water partition coefficient (Wildman–Crippen LogP) is -2.27. The van der Waals surface area contributed by atoms with Gasteiger partial charge in [0.15, 0.2) is 0 Å². The zero-order valence-electron chi connectivity index (χ0n) is 2.50. The number of alkyl halides is 2. The molecule has 0 nitrogen and oxygen atoms in total. The van der Waals surface area contributed by atoms with E-state index in [1.807, 2.05) is 0 Å². The monoisotopic (exact) mass is 173 g/mol. The van der Waals surface area contributed by atoms with Crippen LogP contribution >= 0.6 is 0 Å². The summed E-state index contributed by atoms with van der Waals surface area (Å²) in [4.78, 5) is 0. The van der Waals surface area contributed by atoms with Crippen LogP contribution in [-0.2, 0) is 0 Å². The van der Waals surface area contributed by atoms with E-state index in [4.69, 9.17) is 0 Å². The fourth-order valence-corrected chi connectivity index (χ4v) is 0.896. The van der Waals surface area contributed by atoms with E-state index in [0.29, 0.717) is 0 Å². The summed E-state index contributed by atoms with van der Waals surface area (Å²) in [5, 5.41) is 0. The molecule has 0 N–H and O–H groups in total. The molecular weight excluding hydrogens is 163 g/mol. The van der Waals surface area contributed by atoms with Crippen molar-refractivity contribution in [2.75, 3.05) is 8.86 Å². The summed E-state index contributed by atoms with van der Waals surface area (Å²) in [5.74, 6) is 0. The van der Waals surface area contributed by atoms with Crippen molar-refractivity contribution in [3.8, 4) is 0 Å². The van der Waals surface area contributed by atoms with Crippen LogP contribution in [-0.4, -0.2) is 8.86 Å². The van der Waals surface area contributed by atoms with Crippen molar-refractivity contribution >= 4 is 0 Å². The molecule has 1 heterocycles. The van der Waals surface area contributed by atoms with E-state index in [-0.39, 0.29) is 1.43 Å². The third kappa shape index (κ3) is 0.365. The van der Waals surface area contributed by atoms with Crippen molar-refractivity contribution in [3.05, 3.63) is 0 Å². The van der Waals surface area contributed by atoms with E-state index in [2.05, 4.69) is 0 Å². The van der Waals surface area contributed by atoms with Crippen molar-refractivity contribution in [3.63, 3.8) is 0 Å². The molecule has 0 radical (unpaired) electrons. The molecule has 0 aliphatic carbocycles. The van der Waals surface area contributed by atoms with E-state index in [9.17, 15) is 0 Å². The Bertz CT molecular complexity index is 14.9. The zero-order valence-corrected chi connectivity index (χ0v) is 4.66. The summed E-state index contributed by atoms with van der Waals surface area (Å²) in [6, 6.07) is 0. The maximum absolute atomic E-state index is 1.61. The minimum atomic E-state index is 0. The van der Waals surface area contributed by atoms with Crippen molar-refractivity contribution in [2.24, 2.45) is 0 Å². The molecule has 0 amide bonds. The van der Waals surface area contributed by atoms with E-state index in [0.717, 1.165) is 21.2 Å². The minimum absolute atomic E-state index is 0. The first kappa shape index (κ1) is 2.94. The maximum Gasteiger partial charge on any atom is 0 e. The second-order valence-corrected chi connectivity index (χ2v) is 4.16. The first-order chi connectivity index (χ1) is 2.00. The Balaban J connectivity index is 0.000000160. The predicted molar refractivity (Wildman–Crippen MR) is 16.5 cm³/mol. The molecule has 1 aliphatic rings. The standard InChI is InChI=1S/C3H6I.H2/c1-2-4-3-1;/h1-3H2;1H/q-1;/i;1+2. The first-order valence-electron chi connectivity index (χ1n) is 1.53. The summed E-state index contributed by atoms with van der Waals surface area (Å²) in [5.41, 5.74) is 0. The Morgan fingerprint density at radius 3 is 1.75 bits per heavy atom. The summed E-state index contributed by atoms with van der Waals surface area (Å²) >= 11 is 0.791. The van der Waals surface area contributed by atoms with E-state index >= 15 is 0 Å². The fraction of sp³-hybridized carbons (Fsp3) is 1.00. The average molecular weight is 173 g/mol. The second kappa shape index (κ2) is 1.24. The van der Waals surface area contributed by atoms with Gasteiger partial charge in [-0.15, -0.1) is 0 Å². The molecule has 0 aromatic carbocycles. The third-order valence-corrected chi connectivity index (χ3v) is 3.59. The second-order valence-electron chi connectivity index (χ2n) is 0.921. The summed E-state index contributed by atoms with van der Waals surface area (Å²) in [7, 11) is 0. The van der Waals surface area contributed by atoms with Crippen LogP contribution in [0.2, 0.25) is 0 Å². The van der Waals surface area contributed by atoms with Crippen LogP contribution in [0.25, 0.3) is 0 Å². The molecule has 0 atom stereocenters. The van der Waals surface area contributed by atoms with Crippen LogP contribution in [0.15, 0.2) is 0 Å². The Kier molecular flexibility index (Phi) is 0.914. The van der Waals surface area contributed by atoms with E-state index in [1.165, 1.54) is 0 Å². The molecular formula is C3H8I-. The molecule has 0 bridgehead atoms. The van der Waals surface area contributed by atoms with Gasteiger partial charge in [-0.3, -0.25) is 0 Å². The van der Waals surface area contributed by atoms with Gasteiger partial charge in [-0.1, -0.05) is 0 Å². The zero-order chi connectivity index (χ0) is 2.83. The van der Waals surface area contributed by atoms with Crippen molar-refractivity contribution in [2.45, 2.75) is 6.42 Å². The topological polar surface area (TPSA) is 0 Å². The molecule has 1 fully saturated rings. The Morgan fingerprint density at radius 2 is 1.75 bits per heavy atom. The molecule has 0 saturated carbocycles. The van der Waals surface area contributed by atoms with Gasteiger partial charge in [-0.25, -0.2) is 0 Å². The molecule has 0 spiro atoms. The molecule has 1 heteroatoms. The van der Waals surface area contributed by atoms with Gasteiger partial charge in [0.05, 0.1) is 0 Å². The van der Waals surface area contributed by atoms with Crippen molar-refractivity contribution in [1.29, 1.82) is 0 Å². The van der Waals surface area contributed by atoms with Gasteiger partial charge in [-0.05, 0) is 0 Å². The normalized spacial score (nSPS) is 26.0. The quantitative estimate of drug-likeness (QED) is 0.286.